The molecular formula is C10H10Cl2N4. The molecule has 0 heterocycles. The predicted octanol–water partition coefficient (Wildman–Crippen LogP) is 4.79. The van der Waals surface area contributed by atoms with Gasteiger partial charge in [-0.05, 0) is 35.1 Å². The van der Waals surface area contributed by atoms with Crippen molar-refractivity contribution in [2.24, 2.45) is 15.6 Å². The van der Waals surface area contributed by atoms with Gasteiger partial charge in [0.05, 0.1) is 6.04 Å². The smallest absolute Gasteiger partial charge is 0.0886 e. The van der Waals surface area contributed by atoms with Crippen LogP contribution in [-0.2, 0) is 0 Å². The molecule has 84 valence electrons. The van der Waals surface area contributed by atoms with Crippen LogP contribution in [0.2, 0.25) is 10.0 Å². The largest absolute Gasteiger partial charge is 0.183 e. The number of hydrogen-bond acceptors (Lipinski definition) is 2. The molecule has 4 nitrogen and oxygen atoms in total. The lowest BCUT2D eigenvalue weighted by atomic mass is 10.2. The molecule has 1 N–H and O–H groups in total. The van der Waals surface area contributed by atoms with Crippen LogP contribution in [0, 0.1) is 5.53 Å². The van der Waals surface area contributed by atoms with Crippen LogP contribution in [0.4, 0.5) is 0 Å². The lowest BCUT2D eigenvalue weighted by molar-refractivity contribution is 0.776. The van der Waals surface area contributed by atoms with Crippen molar-refractivity contribution in [2.75, 3.05) is 0 Å². The lowest BCUT2D eigenvalue weighted by Crippen LogP contribution is -1.89. The maximum Gasteiger partial charge on any atom is 0.0886 e. The Hall–Kier alpha value is -1.26. The van der Waals surface area contributed by atoms with Crippen molar-refractivity contribution in [1.29, 1.82) is 5.53 Å². The van der Waals surface area contributed by atoms with Crippen LogP contribution in [0.15, 0.2) is 39.8 Å². The fraction of sp³-hybridized carbons (Fsp3) is 0.200. The maximum atomic E-state index is 6.45. The second kappa shape index (κ2) is 6.35. The lowest BCUT2D eigenvalue weighted by Gasteiger charge is -1.99. The molecule has 0 aliphatic rings. The molecule has 0 saturated carbocycles. The van der Waals surface area contributed by atoms with Crippen LogP contribution in [0.5, 0.6) is 0 Å². The molecule has 0 aliphatic carbocycles. The van der Waals surface area contributed by atoms with E-state index in [1.807, 2.05) is 25.1 Å². The number of hydrogen-bond donors (Lipinski definition) is 1. The maximum absolute atomic E-state index is 6.45. The van der Waals surface area contributed by atoms with Crippen LogP contribution in [-0.4, -0.2) is 6.04 Å². The summed E-state index contributed by atoms with van der Waals surface area (Å²) in [5.41, 5.74) is 7.31. The molecule has 0 aliphatic heterocycles. The molecule has 1 rings (SSSR count). The Morgan fingerprint density at radius 1 is 1.38 bits per heavy atom. The number of nitrogens with one attached hydrogen (secondary N) is 1. The average molecular weight is 257 g/mol. The van der Waals surface area contributed by atoms with Crippen molar-refractivity contribution in [3.05, 3.63) is 39.9 Å². The summed E-state index contributed by atoms with van der Waals surface area (Å²) >= 11 is 11.8. The van der Waals surface area contributed by atoms with Crippen molar-refractivity contribution < 1.29 is 0 Å². The van der Waals surface area contributed by atoms with E-state index in [-0.39, 0.29) is 6.04 Å². The van der Waals surface area contributed by atoms with E-state index >= 15 is 0 Å². The van der Waals surface area contributed by atoms with Crippen molar-refractivity contribution in [2.45, 2.75) is 13.0 Å². The quantitative estimate of drug-likeness (QED) is 0.595. The van der Waals surface area contributed by atoms with Gasteiger partial charge in [0, 0.05) is 10.0 Å². The van der Waals surface area contributed by atoms with Crippen LogP contribution in [0.25, 0.3) is 6.08 Å². The van der Waals surface area contributed by atoms with Crippen LogP contribution in [0.3, 0.4) is 0 Å². The Bertz CT molecular complexity index is 429. The molecule has 0 amide bonds. The van der Waals surface area contributed by atoms with Gasteiger partial charge in [-0.15, -0.1) is 0 Å². The molecule has 1 unspecified atom stereocenters. The number of halogens is 2. The molecule has 0 bridgehead atoms. The van der Waals surface area contributed by atoms with Gasteiger partial charge in [-0.2, -0.15) is 10.6 Å². The van der Waals surface area contributed by atoms with E-state index in [4.69, 9.17) is 28.7 Å². The van der Waals surface area contributed by atoms with E-state index in [0.717, 1.165) is 5.56 Å². The van der Waals surface area contributed by atoms with Gasteiger partial charge >= 0.3 is 0 Å². The minimum absolute atomic E-state index is 0.152. The normalized spacial score (nSPS) is 13.4. The van der Waals surface area contributed by atoms with Crippen molar-refractivity contribution in [1.82, 2.24) is 0 Å². The topological polar surface area (TPSA) is 60.9 Å². The molecule has 1 aromatic rings. The standard InChI is InChI=1S/C10H10Cl2N4/c1-7(14-16-15-13)2-3-8-4-5-9(11)6-10(8)12/h2-7,13H,1H3. The van der Waals surface area contributed by atoms with E-state index in [2.05, 4.69) is 15.6 Å². The first-order valence-electron chi connectivity index (χ1n) is 4.53. The zero-order valence-corrected chi connectivity index (χ0v) is 10.1. The Morgan fingerprint density at radius 3 is 2.75 bits per heavy atom. The third-order valence-electron chi connectivity index (χ3n) is 1.80. The summed E-state index contributed by atoms with van der Waals surface area (Å²) in [6.07, 6.45) is 3.64. The summed E-state index contributed by atoms with van der Waals surface area (Å²) in [7, 11) is 0. The summed E-state index contributed by atoms with van der Waals surface area (Å²) in [5.74, 6) is 0. The van der Waals surface area contributed by atoms with Crippen molar-refractivity contribution in [3.8, 4) is 0 Å². The molecular weight excluding hydrogens is 247 g/mol. The monoisotopic (exact) mass is 256 g/mol. The van der Waals surface area contributed by atoms with Gasteiger partial charge in [0.25, 0.3) is 0 Å². The Morgan fingerprint density at radius 2 is 2.12 bits per heavy atom. The third-order valence-corrected chi connectivity index (χ3v) is 2.36. The molecule has 1 atom stereocenters. The van der Waals surface area contributed by atoms with E-state index in [1.165, 1.54) is 0 Å². The highest BCUT2D eigenvalue weighted by molar-refractivity contribution is 6.35. The van der Waals surface area contributed by atoms with Crippen LogP contribution in [0.1, 0.15) is 12.5 Å². The SMILES string of the molecule is CC(C=Cc1ccc(Cl)cc1Cl)N=NN=N. The highest BCUT2D eigenvalue weighted by Crippen LogP contribution is 2.22. The summed E-state index contributed by atoms with van der Waals surface area (Å²) in [5, 5.41) is 10.9. The zero-order valence-electron chi connectivity index (χ0n) is 8.56. The first-order chi connectivity index (χ1) is 7.63. The summed E-state index contributed by atoms with van der Waals surface area (Å²) < 4.78 is 0. The number of rotatable bonds is 4. The molecule has 0 saturated heterocycles. The van der Waals surface area contributed by atoms with Crippen LogP contribution >= 0.6 is 23.2 Å². The number of nitrogens with zero attached hydrogens (tertiary/aromatic N) is 3. The Balaban J connectivity index is 2.76. The Kier molecular flexibility index (Phi) is 5.08. The first kappa shape index (κ1) is 12.8. The molecule has 1 aromatic carbocycles. The molecule has 16 heavy (non-hydrogen) atoms. The second-order valence-electron chi connectivity index (χ2n) is 3.07. The minimum atomic E-state index is -0.152. The summed E-state index contributed by atoms with van der Waals surface area (Å²) in [6.45, 7) is 1.83. The molecule has 0 spiro atoms. The molecule has 6 heteroatoms. The minimum Gasteiger partial charge on any atom is -0.183 e. The summed E-state index contributed by atoms with van der Waals surface area (Å²) in [6, 6.07) is 5.10. The van der Waals surface area contributed by atoms with Gasteiger partial charge in [-0.25, -0.2) is 0 Å². The number of benzene rings is 1. The van der Waals surface area contributed by atoms with Gasteiger partial charge < -0.3 is 0 Å². The van der Waals surface area contributed by atoms with E-state index in [0.29, 0.717) is 10.0 Å². The fourth-order valence-corrected chi connectivity index (χ4v) is 1.50. The van der Waals surface area contributed by atoms with Crippen LogP contribution < -0.4 is 0 Å². The van der Waals surface area contributed by atoms with Crippen molar-refractivity contribution in [3.63, 3.8) is 0 Å². The highest BCUT2D eigenvalue weighted by Gasteiger charge is 1.98. The molecule has 0 fully saturated rings. The van der Waals surface area contributed by atoms with E-state index in [9.17, 15) is 0 Å². The third kappa shape index (κ3) is 4.08. The van der Waals surface area contributed by atoms with Gasteiger partial charge in [0.15, 0.2) is 0 Å². The van der Waals surface area contributed by atoms with Gasteiger partial charge in [-0.1, -0.05) is 41.4 Å². The first-order valence-corrected chi connectivity index (χ1v) is 5.29. The predicted molar refractivity (Wildman–Crippen MR) is 65.0 cm³/mol. The van der Waals surface area contributed by atoms with E-state index in [1.54, 1.807) is 12.1 Å². The van der Waals surface area contributed by atoms with E-state index < -0.39 is 0 Å². The second-order valence-corrected chi connectivity index (χ2v) is 3.91. The van der Waals surface area contributed by atoms with Gasteiger partial charge in [-0.3, -0.25) is 0 Å². The Labute approximate surface area is 103 Å². The van der Waals surface area contributed by atoms with Gasteiger partial charge in [0.1, 0.15) is 0 Å². The summed E-state index contributed by atoms with van der Waals surface area (Å²) in [4.78, 5) is 0. The zero-order chi connectivity index (χ0) is 12.0. The fourth-order valence-electron chi connectivity index (χ4n) is 1.03. The highest BCUT2D eigenvalue weighted by atomic mass is 35.5. The molecule has 0 radical (unpaired) electrons. The van der Waals surface area contributed by atoms with Crippen molar-refractivity contribution >= 4 is 29.3 Å². The molecule has 0 aromatic heterocycles. The van der Waals surface area contributed by atoms with Gasteiger partial charge in [0.2, 0.25) is 0 Å². The average Bonchev–Trinajstić information content (AvgIpc) is 2.25.